The van der Waals surface area contributed by atoms with Gasteiger partial charge in [-0.25, -0.2) is 0 Å². The minimum absolute atomic E-state index is 0.253. The Morgan fingerprint density at radius 3 is 2.44 bits per heavy atom. The number of aryl methyl sites for hydroxylation is 1. The van der Waals surface area contributed by atoms with Crippen LogP contribution in [-0.2, 0) is 7.05 Å². The lowest BCUT2D eigenvalue weighted by molar-refractivity contribution is 0.0574. The van der Waals surface area contributed by atoms with Crippen LogP contribution in [0.3, 0.4) is 0 Å². The minimum atomic E-state index is -0.280. The first-order valence-corrected chi connectivity index (χ1v) is 6.93. The number of carbonyl (C=O) groups excluding carboxylic acids is 1. The van der Waals surface area contributed by atoms with Gasteiger partial charge >= 0.3 is 0 Å². The van der Waals surface area contributed by atoms with E-state index in [1.165, 1.54) is 0 Å². The van der Waals surface area contributed by atoms with Gasteiger partial charge in [-0.1, -0.05) is 26.7 Å². The molecule has 4 heteroatoms. The van der Waals surface area contributed by atoms with Gasteiger partial charge in [-0.15, -0.1) is 0 Å². The predicted octanol–water partition coefficient (Wildman–Crippen LogP) is 2.26. The summed E-state index contributed by atoms with van der Waals surface area (Å²) in [6.07, 6.45) is 5.98. The lowest BCUT2D eigenvalue weighted by Gasteiger charge is -2.38. The summed E-state index contributed by atoms with van der Waals surface area (Å²) in [4.78, 5) is 15.2. The smallest absolute Gasteiger partial charge is 0.201 e. The Labute approximate surface area is 109 Å². The zero-order chi connectivity index (χ0) is 13.2. The first-order chi connectivity index (χ1) is 8.65. The van der Waals surface area contributed by atoms with Gasteiger partial charge in [-0.3, -0.25) is 14.4 Å². The number of ketones is 1. The van der Waals surface area contributed by atoms with E-state index in [1.54, 1.807) is 10.9 Å². The second-order valence-electron chi connectivity index (χ2n) is 5.08. The van der Waals surface area contributed by atoms with Crippen molar-refractivity contribution in [3.63, 3.8) is 0 Å². The van der Waals surface area contributed by atoms with Crippen LogP contribution in [0.2, 0.25) is 0 Å². The molecule has 18 heavy (non-hydrogen) atoms. The van der Waals surface area contributed by atoms with Crippen LogP contribution in [-0.4, -0.2) is 39.1 Å². The van der Waals surface area contributed by atoms with E-state index in [0.29, 0.717) is 0 Å². The lowest BCUT2D eigenvalue weighted by atomic mass is 9.87. The standard InChI is InChI=1S/C14H23N3O/c1-4-17(5-2)14(9-6-7-10-14)13(18)12-8-11-15-16(12)3/h8,11H,4-7,9-10H2,1-3H3. The fraction of sp³-hybridized carbons (Fsp3) is 0.714. The fourth-order valence-corrected chi connectivity index (χ4v) is 3.31. The van der Waals surface area contributed by atoms with Gasteiger partial charge in [0, 0.05) is 13.2 Å². The summed E-state index contributed by atoms with van der Waals surface area (Å²) in [5, 5.41) is 4.13. The van der Waals surface area contributed by atoms with E-state index in [4.69, 9.17) is 0 Å². The van der Waals surface area contributed by atoms with Gasteiger partial charge in [0.2, 0.25) is 5.78 Å². The van der Waals surface area contributed by atoms with E-state index in [-0.39, 0.29) is 11.3 Å². The maximum Gasteiger partial charge on any atom is 0.201 e. The van der Waals surface area contributed by atoms with Crippen molar-refractivity contribution in [3.05, 3.63) is 18.0 Å². The van der Waals surface area contributed by atoms with Crippen molar-refractivity contribution in [2.45, 2.75) is 45.1 Å². The van der Waals surface area contributed by atoms with Gasteiger partial charge in [0.25, 0.3) is 0 Å². The Bertz CT molecular complexity index is 414. The Morgan fingerprint density at radius 1 is 1.39 bits per heavy atom. The van der Waals surface area contributed by atoms with Crippen molar-refractivity contribution in [2.75, 3.05) is 13.1 Å². The molecule has 0 unspecified atom stereocenters. The summed E-state index contributed by atoms with van der Waals surface area (Å²) < 4.78 is 1.70. The highest BCUT2D eigenvalue weighted by atomic mass is 16.1. The van der Waals surface area contributed by atoms with E-state index in [9.17, 15) is 4.79 Å². The first-order valence-electron chi connectivity index (χ1n) is 6.93. The third kappa shape index (κ3) is 1.99. The van der Waals surface area contributed by atoms with Crippen molar-refractivity contribution < 1.29 is 4.79 Å². The third-order valence-electron chi connectivity index (χ3n) is 4.28. The van der Waals surface area contributed by atoms with Crippen LogP contribution in [0.4, 0.5) is 0 Å². The molecule has 100 valence electrons. The van der Waals surface area contributed by atoms with Crippen LogP contribution < -0.4 is 0 Å². The van der Waals surface area contributed by atoms with Crippen molar-refractivity contribution in [3.8, 4) is 0 Å². The summed E-state index contributed by atoms with van der Waals surface area (Å²) in [5.74, 6) is 0.253. The van der Waals surface area contributed by atoms with Crippen LogP contribution in [0.1, 0.15) is 50.0 Å². The molecule has 0 spiro atoms. The number of hydrogen-bond acceptors (Lipinski definition) is 3. The fourth-order valence-electron chi connectivity index (χ4n) is 3.31. The monoisotopic (exact) mass is 249 g/mol. The van der Waals surface area contributed by atoms with Crippen molar-refractivity contribution in [1.82, 2.24) is 14.7 Å². The topological polar surface area (TPSA) is 38.1 Å². The van der Waals surface area contributed by atoms with Crippen molar-refractivity contribution in [2.24, 2.45) is 7.05 Å². The molecule has 1 aliphatic rings. The second kappa shape index (κ2) is 5.22. The average Bonchev–Trinajstić information content (AvgIpc) is 3.00. The molecule has 2 rings (SSSR count). The van der Waals surface area contributed by atoms with E-state index in [2.05, 4.69) is 23.8 Å². The van der Waals surface area contributed by atoms with Gasteiger partial charge in [0.15, 0.2) is 0 Å². The molecule has 1 aliphatic carbocycles. The number of rotatable bonds is 5. The lowest BCUT2D eigenvalue weighted by Crippen LogP contribution is -2.53. The molecule has 0 amide bonds. The third-order valence-corrected chi connectivity index (χ3v) is 4.28. The normalized spacial score (nSPS) is 18.4. The van der Waals surface area contributed by atoms with Crippen LogP contribution >= 0.6 is 0 Å². The number of likely N-dealkylation sites (N-methyl/N-ethyl adjacent to an activating group) is 1. The molecular weight excluding hydrogens is 226 g/mol. The molecule has 1 heterocycles. The first kappa shape index (κ1) is 13.3. The largest absolute Gasteiger partial charge is 0.291 e. The number of carbonyl (C=O) groups is 1. The molecule has 1 fully saturated rings. The zero-order valence-corrected chi connectivity index (χ0v) is 11.6. The molecule has 1 aromatic rings. The molecule has 0 saturated heterocycles. The minimum Gasteiger partial charge on any atom is -0.291 e. The highest BCUT2D eigenvalue weighted by Crippen LogP contribution is 2.37. The second-order valence-corrected chi connectivity index (χ2v) is 5.08. The van der Waals surface area contributed by atoms with E-state index < -0.39 is 0 Å². The molecule has 0 bridgehead atoms. The Hall–Kier alpha value is -1.16. The van der Waals surface area contributed by atoms with Gasteiger partial charge in [-0.05, 0) is 32.0 Å². The number of nitrogens with zero attached hydrogens (tertiary/aromatic N) is 3. The molecular formula is C14H23N3O. The molecule has 0 aromatic carbocycles. The summed E-state index contributed by atoms with van der Waals surface area (Å²) in [5.41, 5.74) is 0.459. The van der Waals surface area contributed by atoms with E-state index in [0.717, 1.165) is 44.5 Å². The molecule has 1 aromatic heterocycles. The summed E-state index contributed by atoms with van der Waals surface area (Å²) in [6.45, 7) is 6.14. The number of Topliss-reactive ketones (excluding diaryl/α,β-unsaturated/α-hetero) is 1. The van der Waals surface area contributed by atoms with Crippen LogP contribution in [0.5, 0.6) is 0 Å². The molecule has 1 saturated carbocycles. The van der Waals surface area contributed by atoms with Crippen molar-refractivity contribution >= 4 is 5.78 Å². The summed E-state index contributed by atoms with van der Waals surface area (Å²) in [6, 6.07) is 1.84. The van der Waals surface area contributed by atoms with Crippen LogP contribution in [0, 0.1) is 0 Å². The number of aromatic nitrogens is 2. The average molecular weight is 249 g/mol. The van der Waals surface area contributed by atoms with Crippen LogP contribution in [0.15, 0.2) is 12.3 Å². The highest BCUT2D eigenvalue weighted by Gasteiger charge is 2.45. The van der Waals surface area contributed by atoms with Gasteiger partial charge in [0.05, 0.1) is 5.54 Å². The van der Waals surface area contributed by atoms with E-state index >= 15 is 0 Å². The highest BCUT2D eigenvalue weighted by molar-refractivity contribution is 6.02. The molecule has 0 aliphatic heterocycles. The van der Waals surface area contributed by atoms with E-state index in [1.807, 2.05) is 13.1 Å². The Kier molecular flexibility index (Phi) is 3.85. The van der Waals surface area contributed by atoms with Gasteiger partial charge in [0.1, 0.15) is 5.69 Å². The van der Waals surface area contributed by atoms with Gasteiger partial charge in [-0.2, -0.15) is 5.10 Å². The quantitative estimate of drug-likeness (QED) is 0.751. The molecule has 0 radical (unpaired) electrons. The maximum atomic E-state index is 12.9. The Balaban J connectivity index is 2.36. The van der Waals surface area contributed by atoms with Crippen molar-refractivity contribution in [1.29, 1.82) is 0 Å². The summed E-state index contributed by atoms with van der Waals surface area (Å²) in [7, 11) is 1.85. The Morgan fingerprint density at radius 2 is 2.00 bits per heavy atom. The zero-order valence-electron chi connectivity index (χ0n) is 11.6. The molecule has 4 nitrogen and oxygen atoms in total. The maximum absolute atomic E-state index is 12.9. The molecule has 0 atom stereocenters. The van der Waals surface area contributed by atoms with Crippen LogP contribution in [0.25, 0.3) is 0 Å². The predicted molar refractivity (Wildman–Crippen MR) is 71.7 cm³/mol. The summed E-state index contributed by atoms with van der Waals surface area (Å²) >= 11 is 0. The number of hydrogen-bond donors (Lipinski definition) is 0. The molecule has 0 N–H and O–H groups in total. The SMILES string of the molecule is CCN(CC)C1(C(=O)c2ccnn2C)CCCC1. The van der Waals surface area contributed by atoms with Gasteiger partial charge < -0.3 is 0 Å².